The molecule has 0 atom stereocenters. The molecule has 0 saturated carbocycles. The van der Waals surface area contributed by atoms with E-state index in [-0.39, 0.29) is 0 Å². The molecule has 0 heterocycles. The molecular formula is C11H12OS. The Kier molecular flexibility index (Phi) is 2.32. The van der Waals surface area contributed by atoms with Crippen molar-refractivity contribution >= 4 is 16.1 Å². The average molecular weight is 192 g/mol. The molecule has 0 unspecified atom stereocenters. The Morgan fingerprint density at radius 2 is 2.15 bits per heavy atom. The summed E-state index contributed by atoms with van der Waals surface area (Å²) in [5, 5.41) is 0. The lowest BCUT2D eigenvalue weighted by Gasteiger charge is -2.17. The highest BCUT2D eigenvalue weighted by atomic mass is 32.1. The Balaban J connectivity index is 2.67. The molecule has 0 N–H and O–H groups in total. The zero-order valence-corrected chi connectivity index (χ0v) is 8.49. The molecule has 1 aromatic rings. The summed E-state index contributed by atoms with van der Waals surface area (Å²) in [5.41, 5.74) is 3.83. The highest BCUT2D eigenvalue weighted by Crippen LogP contribution is 2.23. The molecule has 0 fully saturated rings. The maximum atomic E-state index is 10.9. The number of aryl methyl sites for hydroxylation is 2. The second-order valence-corrected chi connectivity index (χ2v) is 4.13. The van der Waals surface area contributed by atoms with Crippen molar-refractivity contribution < 1.29 is 4.21 Å². The standard InChI is InChI=1S/C11H12OS/c1-8-4-2-5-9-6-3-7-10(13-12)11(8)9/h2,4-5H,3,6-7H2,1H3. The number of hydrogen-bond donors (Lipinski definition) is 0. The molecule has 68 valence electrons. The van der Waals surface area contributed by atoms with E-state index in [4.69, 9.17) is 0 Å². The third kappa shape index (κ3) is 1.46. The van der Waals surface area contributed by atoms with Gasteiger partial charge in [0.05, 0.1) is 16.1 Å². The highest BCUT2D eigenvalue weighted by molar-refractivity contribution is 7.67. The van der Waals surface area contributed by atoms with Crippen molar-refractivity contribution in [3.8, 4) is 0 Å². The monoisotopic (exact) mass is 192 g/mol. The van der Waals surface area contributed by atoms with Crippen molar-refractivity contribution in [3.63, 3.8) is 0 Å². The molecule has 0 aromatic heterocycles. The van der Waals surface area contributed by atoms with Gasteiger partial charge in [0.1, 0.15) is 0 Å². The lowest BCUT2D eigenvalue weighted by Crippen LogP contribution is -2.13. The van der Waals surface area contributed by atoms with E-state index in [9.17, 15) is 4.21 Å². The van der Waals surface area contributed by atoms with Gasteiger partial charge in [0.2, 0.25) is 0 Å². The van der Waals surface area contributed by atoms with Gasteiger partial charge in [0.15, 0.2) is 0 Å². The highest BCUT2D eigenvalue weighted by Gasteiger charge is 2.16. The number of benzene rings is 1. The molecule has 1 aliphatic carbocycles. The van der Waals surface area contributed by atoms with Crippen LogP contribution in [0.5, 0.6) is 0 Å². The summed E-state index contributed by atoms with van der Waals surface area (Å²) in [6, 6.07) is 6.30. The topological polar surface area (TPSA) is 17.1 Å². The van der Waals surface area contributed by atoms with Gasteiger partial charge in [0, 0.05) is 0 Å². The Bertz CT molecular complexity index is 389. The van der Waals surface area contributed by atoms with E-state index in [0.29, 0.717) is 11.3 Å². The molecular weight excluding hydrogens is 180 g/mol. The van der Waals surface area contributed by atoms with Crippen LogP contribution in [0.3, 0.4) is 0 Å². The van der Waals surface area contributed by atoms with Crippen molar-refractivity contribution in [1.29, 1.82) is 0 Å². The predicted octanol–water partition coefficient (Wildman–Crippen LogP) is 2.06. The molecule has 1 nitrogen and oxygen atoms in total. The summed E-state index contributed by atoms with van der Waals surface area (Å²) in [7, 11) is 0. The fourth-order valence-corrected chi connectivity index (χ4v) is 2.59. The first-order valence-corrected chi connectivity index (χ1v) is 5.31. The normalized spacial score (nSPS) is 15.3. The smallest absolute Gasteiger partial charge is 0.0926 e. The molecule has 0 amide bonds. The van der Waals surface area contributed by atoms with Gasteiger partial charge in [-0.1, -0.05) is 18.2 Å². The molecule has 1 aromatic carbocycles. The molecule has 2 heteroatoms. The van der Waals surface area contributed by atoms with Crippen LogP contribution in [0.25, 0.3) is 0 Å². The summed E-state index contributed by atoms with van der Waals surface area (Å²) >= 11 is 0.669. The lowest BCUT2D eigenvalue weighted by molar-refractivity contribution is 0.700. The van der Waals surface area contributed by atoms with Crippen LogP contribution in [0.15, 0.2) is 18.2 Å². The fourth-order valence-electron chi connectivity index (χ4n) is 1.98. The van der Waals surface area contributed by atoms with Crippen molar-refractivity contribution in [2.75, 3.05) is 0 Å². The maximum Gasteiger partial charge on any atom is 0.0926 e. The molecule has 0 spiro atoms. The Hall–Kier alpha value is -0.890. The average Bonchev–Trinajstić information content (AvgIpc) is 2.17. The van der Waals surface area contributed by atoms with Gasteiger partial charge in [0.25, 0.3) is 0 Å². The van der Waals surface area contributed by atoms with E-state index >= 15 is 0 Å². The summed E-state index contributed by atoms with van der Waals surface area (Å²) in [6.45, 7) is 2.08. The SMILES string of the molecule is Cc1cccc2c1C(=S=O)CCC2. The molecule has 0 bridgehead atoms. The molecule has 13 heavy (non-hydrogen) atoms. The Morgan fingerprint density at radius 1 is 1.31 bits per heavy atom. The van der Waals surface area contributed by atoms with Crippen LogP contribution in [0.4, 0.5) is 0 Å². The summed E-state index contributed by atoms with van der Waals surface area (Å²) < 4.78 is 10.9. The van der Waals surface area contributed by atoms with Gasteiger partial charge in [-0.25, -0.2) is 4.21 Å². The second-order valence-electron chi connectivity index (χ2n) is 3.47. The summed E-state index contributed by atoms with van der Waals surface area (Å²) in [6.07, 6.45) is 3.22. The van der Waals surface area contributed by atoms with Crippen LogP contribution < -0.4 is 0 Å². The van der Waals surface area contributed by atoms with Gasteiger partial charge >= 0.3 is 0 Å². The predicted molar refractivity (Wildman–Crippen MR) is 56.4 cm³/mol. The van der Waals surface area contributed by atoms with E-state index < -0.39 is 0 Å². The first-order valence-electron chi connectivity index (χ1n) is 4.57. The lowest BCUT2D eigenvalue weighted by atomic mass is 9.89. The van der Waals surface area contributed by atoms with Crippen molar-refractivity contribution in [2.24, 2.45) is 0 Å². The van der Waals surface area contributed by atoms with Crippen LogP contribution in [0.2, 0.25) is 0 Å². The van der Waals surface area contributed by atoms with E-state index in [0.717, 1.165) is 24.1 Å². The van der Waals surface area contributed by atoms with Gasteiger partial charge in [-0.3, -0.25) is 0 Å². The molecule has 1 aliphatic rings. The van der Waals surface area contributed by atoms with Crippen LogP contribution >= 0.6 is 0 Å². The minimum Gasteiger partial charge on any atom is -0.212 e. The van der Waals surface area contributed by atoms with E-state index in [1.54, 1.807) is 0 Å². The number of rotatable bonds is 0. The van der Waals surface area contributed by atoms with Gasteiger partial charge in [-0.2, -0.15) is 0 Å². The van der Waals surface area contributed by atoms with Crippen LogP contribution in [0, 0.1) is 6.92 Å². The second kappa shape index (κ2) is 3.46. The minimum absolute atomic E-state index is 0.669. The van der Waals surface area contributed by atoms with Gasteiger partial charge in [-0.15, -0.1) is 0 Å². The Morgan fingerprint density at radius 3 is 2.92 bits per heavy atom. The first-order chi connectivity index (χ1) is 6.33. The minimum atomic E-state index is 0.669. The van der Waals surface area contributed by atoms with E-state index in [1.807, 2.05) is 0 Å². The molecule has 0 saturated heterocycles. The summed E-state index contributed by atoms with van der Waals surface area (Å²) in [4.78, 5) is 1.03. The number of hydrogen-bond acceptors (Lipinski definition) is 1. The molecule has 0 aliphatic heterocycles. The first kappa shape index (κ1) is 8.70. The van der Waals surface area contributed by atoms with Crippen LogP contribution in [-0.2, 0) is 17.7 Å². The molecule has 2 rings (SSSR count). The molecule has 0 radical (unpaired) electrons. The third-order valence-electron chi connectivity index (χ3n) is 2.59. The van der Waals surface area contributed by atoms with Gasteiger partial charge < -0.3 is 0 Å². The largest absolute Gasteiger partial charge is 0.212 e. The summed E-state index contributed by atoms with van der Waals surface area (Å²) in [5.74, 6) is 0. The van der Waals surface area contributed by atoms with Crippen LogP contribution in [-0.4, -0.2) is 9.07 Å². The van der Waals surface area contributed by atoms with Crippen molar-refractivity contribution in [3.05, 3.63) is 34.9 Å². The van der Waals surface area contributed by atoms with E-state index in [2.05, 4.69) is 25.1 Å². The number of fused-ring (bicyclic) bond motifs is 1. The van der Waals surface area contributed by atoms with Crippen LogP contribution in [0.1, 0.15) is 29.5 Å². The van der Waals surface area contributed by atoms with Gasteiger partial charge in [-0.05, 0) is 42.9 Å². The maximum absolute atomic E-state index is 10.9. The van der Waals surface area contributed by atoms with Crippen molar-refractivity contribution in [1.82, 2.24) is 0 Å². The zero-order chi connectivity index (χ0) is 9.26. The third-order valence-corrected chi connectivity index (χ3v) is 3.20. The quantitative estimate of drug-likeness (QED) is 0.575. The Labute approximate surface area is 81.9 Å². The fraction of sp³-hybridized carbons (Fsp3) is 0.364. The zero-order valence-electron chi connectivity index (χ0n) is 7.67. The van der Waals surface area contributed by atoms with E-state index in [1.165, 1.54) is 16.7 Å². The van der Waals surface area contributed by atoms with Crippen molar-refractivity contribution in [2.45, 2.75) is 26.2 Å².